The summed E-state index contributed by atoms with van der Waals surface area (Å²) in [6.45, 7) is 1.80. The fourth-order valence-electron chi connectivity index (χ4n) is 5.60. The first-order chi connectivity index (χ1) is 20.7. The van der Waals surface area contributed by atoms with Crippen LogP contribution in [0, 0.1) is 0 Å². The molecule has 0 saturated carbocycles. The smallest absolute Gasteiger partial charge is 0.253 e. The minimum absolute atomic E-state index is 0.0756. The summed E-state index contributed by atoms with van der Waals surface area (Å²) >= 11 is 0. The number of carbonyl (C=O) groups is 3. The molecule has 43 heavy (non-hydrogen) atoms. The first-order valence-corrected chi connectivity index (χ1v) is 14.8. The number of likely N-dealkylation sites (N-methyl/N-ethyl adjacent to an activating group) is 1. The zero-order valence-electron chi connectivity index (χ0n) is 25.1. The molecule has 9 nitrogen and oxygen atoms in total. The van der Waals surface area contributed by atoms with Gasteiger partial charge in [0.05, 0.1) is 25.3 Å². The van der Waals surface area contributed by atoms with E-state index in [-0.39, 0.29) is 36.8 Å². The monoisotopic (exact) mass is 584 g/mol. The fourth-order valence-corrected chi connectivity index (χ4v) is 5.60. The van der Waals surface area contributed by atoms with Crippen molar-refractivity contribution in [2.45, 2.75) is 44.6 Å². The van der Waals surface area contributed by atoms with Crippen LogP contribution in [0.15, 0.2) is 72.8 Å². The Morgan fingerprint density at radius 2 is 1.67 bits per heavy atom. The van der Waals surface area contributed by atoms with Crippen molar-refractivity contribution in [1.29, 1.82) is 0 Å². The van der Waals surface area contributed by atoms with E-state index < -0.39 is 6.04 Å². The minimum atomic E-state index is -0.434. The Morgan fingerprint density at radius 1 is 0.953 bits per heavy atom. The average Bonchev–Trinajstić information content (AvgIpc) is 2.98. The van der Waals surface area contributed by atoms with Gasteiger partial charge in [-0.3, -0.25) is 14.4 Å². The highest BCUT2D eigenvalue weighted by molar-refractivity contribution is 5.94. The maximum absolute atomic E-state index is 13.6. The first kappa shape index (κ1) is 30.3. The highest BCUT2D eigenvalue weighted by Gasteiger charge is 2.34. The molecular formula is C34H40N4O5. The van der Waals surface area contributed by atoms with Gasteiger partial charge in [-0.05, 0) is 80.0 Å². The summed E-state index contributed by atoms with van der Waals surface area (Å²) in [6, 6.07) is 22.7. The standard InChI is InChI=1S/C34H40N4O5/c1-36(2)20-25-8-4-10-27(17-25)34(41)38-16-15-31-30(21-38)35-32(39)22-37(3)33(40)14-13-24-7-5-11-28(18-24)43-29-12-6-9-26(19-29)23-42-31/h4-12,17-19,30-31H,13-16,20-23H2,1-3H3,(H,35,39)/t30-,31+/m0/s1. The lowest BCUT2D eigenvalue weighted by atomic mass is 10.00. The molecule has 226 valence electrons. The molecule has 0 spiro atoms. The van der Waals surface area contributed by atoms with E-state index in [1.807, 2.05) is 86.9 Å². The number of aryl methyl sites for hydroxylation is 1. The van der Waals surface area contributed by atoms with E-state index in [4.69, 9.17) is 9.47 Å². The zero-order valence-corrected chi connectivity index (χ0v) is 25.1. The second kappa shape index (κ2) is 13.8. The number of fused-ring (bicyclic) bond motifs is 5. The van der Waals surface area contributed by atoms with Gasteiger partial charge in [-0.2, -0.15) is 0 Å². The number of piperidine rings is 1. The van der Waals surface area contributed by atoms with Crippen LogP contribution in [-0.4, -0.2) is 85.3 Å². The molecule has 2 heterocycles. The molecule has 3 aromatic rings. The molecule has 1 saturated heterocycles. The van der Waals surface area contributed by atoms with E-state index in [0.29, 0.717) is 49.6 Å². The predicted molar refractivity (Wildman–Crippen MR) is 164 cm³/mol. The summed E-state index contributed by atoms with van der Waals surface area (Å²) in [5.74, 6) is 0.905. The lowest BCUT2D eigenvalue weighted by Crippen LogP contribution is -2.58. The number of likely N-dealkylation sites (tertiary alicyclic amines) is 1. The molecule has 4 bridgehead atoms. The molecule has 2 aliphatic heterocycles. The lowest BCUT2D eigenvalue weighted by molar-refractivity contribution is -0.135. The van der Waals surface area contributed by atoms with E-state index >= 15 is 0 Å². The van der Waals surface area contributed by atoms with Crippen LogP contribution < -0.4 is 10.1 Å². The van der Waals surface area contributed by atoms with Gasteiger partial charge in [-0.25, -0.2) is 0 Å². The molecule has 5 rings (SSSR count). The summed E-state index contributed by atoms with van der Waals surface area (Å²) in [5, 5.41) is 3.08. The molecule has 2 aliphatic rings. The van der Waals surface area contributed by atoms with Gasteiger partial charge < -0.3 is 29.5 Å². The third-order valence-electron chi connectivity index (χ3n) is 7.79. The van der Waals surface area contributed by atoms with Crippen molar-refractivity contribution in [2.24, 2.45) is 0 Å². The Labute approximate surface area is 253 Å². The van der Waals surface area contributed by atoms with Crippen LogP contribution in [0.3, 0.4) is 0 Å². The van der Waals surface area contributed by atoms with E-state index in [9.17, 15) is 14.4 Å². The van der Waals surface area contributed by atoms with Crippen LogP contribution >= 0.6 is 0 Å². The quantitative estimate of drug-likeness (QED) is 0.503. The van der Waals surface area contributed by atoms with Gasteiger partial charge in [0.25, 0.3) is 5.91 Å². The van der Waals surface area contributed by atoms with Crippen molar-refractivity contribution in [2.75, 3.05) is 40.8 Å². The first-order valence-electron chi connectivity index (χ1n) is 14.8. The number of hydrogen-bond acceptors (Lipinski definition) is 6. The van der Waals surface area contributed by atoms with Crippen LogP contribution in [0.2, 0.25) is 0 Å². The third kappa shape index (κ3) is 8.21. The van der Waals surface area contributed by atoms with Crippen molar-refractivity contribution in [3.8, 4) is 11.5 Å². The van der Waals surface area contributed by atoms with E-state index in [2.05, 4.69) is 10.2 Å². The maximum Gasteiger partial charge on any atom is 0.253 e. The van der Waals surface area contributed by atoms with Crippen molar-refractivity contribution < 1.29 is 23.9 Å². The number of carbonyl (C=O) groups excluding carboxylic acids is 3. The SMILES string of the molecule is CN(C)Cc1cccc(C(=O)N2CC[C@H]3OCc4cccc(c4)Oc4cccc(c4)CCC(=O)N(C)CC(=O)N[C@H]3C2)c1. The molecule has 1 fully saturated rings. The van der Waals surface area contributed by atoms with Gasteiger partial charge >= 0.3 is 0 Å². The largest absolute Gasteiger partial charge is 0.457 e. The van der Waals surface area contributed by atoms with Gasteiger partial charge in [-0.1, -0.05) is 36.4 Å². The van der Waals surface area contributed by atoms with Crippen molar-refractivity contribution in [3.63, 3.8) is 0 Å². The molecule has 3 aromatic carbocycles. The number of nitrogens with one attached hydrogen (secondary N) is 1. The molecule has 3 amide bonds. The molecule has 0 radical (unpaired) electrons. The molecule has 0 aliphatic carbocycles. The number of rotatable bonds is 3. The Kier molecular flexibility index (Phi) is 9.74. The van der Waals surface area contributed by atoms with Gasteiger partial charge in [0, 0.05) is 38.7 Å². The number of amides is 3. The van der Waals surface area contributed by atoms with Crippen molar-refractivity contribution in [1.82, 2.24) is 20.0 Å². The Bertz CT molecular complexity index is 1460. The second-order valence-electron chi connectivity index (χ2n) is 11.6. The summed E-state index contributed by atoms with van der Waals surface area (Å²) < 4.78 is 12.5. The van der Waals surface area contributed by atoms with Gasteiger partial charge in [0.2, 0.25) is 11.8 Å². The number of hydrogen-bond donors (Lipinski definition) is 1. The molecule has 2 atom stereocenters. The molecular weight excluding hydrogens is 544 g/mol. The second-order valence-corrected chi connectivity index (χ2v) is 11.6. The van der Waals surface area contributed by atoms with Gasteiger partial charge in [-0.15, -0.1) is 0 Å². The summed E-state index contributed by atoms with van der Waals surface area (Å²) in [5.41, 5.74) is 3.61. The predicted octanol–water partition coefficient (Wildman–Crippen LogP) is 3.86. The highest BCUT2D eigenvalue weighted by atomic mass is 16.5. The summed E-state index contributed by atoms with van der Waals surface area (Å²) in [6.07, 6.45) is 1.06. The lowest BCUT2D eigenvalue weighted by Gasteiger charge is -2.39. The van der Waals surface area contributed by atoms with Crippen LogP contribution in [0.1, 0.15) is 39.9 Å². The number of ether oxygens (including phenoxy) is 2. The van der Waals surface area contributed by atoms with Crippen molar-refractivity contribution >= 4 is 17.7 Å². The Balaban J connectivity index is 1.35. The normalized spacial score (nSPS) is 20.0. The Hall–Kier alpha value is -4.21. The van der Waals surface area contributed by atoms with Crippen LogP contribution in [-0.2, 0) is 33.9 Å². The average molecular weight is 585 g/mol. The Morgan fingerprint density at radius 3 is 2.44 bits per heavy atom. The fraction of sp³-hybridized carbons (Fsp3) is 0.382. The topological polar surface area (TPSA) is 91.4 Å². The van der Waals surface area contributed by atoms with Gasteiger partial charge in [0.1, 0.15) is 11.5 Å². The van der Waals surface area contributed by atoms with E-state index in [1.165, 1.54) is 4.90 Å². The number of nitrogens with zero attached hydrogens (tertiary/aromatic N) is 3. The molecule has 1 N–H and O–H groups in total. The van der Waals surface area contributed by atoms with E-state index in [1.54, 1.807) is 11.9 Å². The number of benzene rings is 3. The highest BCUT2D eigenvalue weighted by Crippen LogP contribution is 2.25. The summed E-state index contributed by atoms with van der Waals surface area (Å²) in [4.78, 5) is 44.9. The van der Waals surface area contributed by atoms with Crippen LogP contribution in [0.25, 0.3) is 0 Å². The van der Waals surface area contributed by atoms with Gasteiger partial charge in [0.15, 0.2) is 0 Å². The van der Waals surface area contributed by atoms with Crippen molar-refractivity contribution in [3.05, 3.63) is 95.1 Å². The third-order valence-corrected chi connectivity index (χ3v) is 7.79. The molecule has 0 unspecified atom stereocenters. The minimum Gasteiger partial charge on any atom is -0.457 e. The summed E-state index contributed by atoms with van der Waals surface area (Å²) in [7, 11) is 5.62. The maximum atomic E-state index is 13.6. The molecule has 0 aromatic heterocycles. The zero-order chi connectivity index (χ0) is 30.3. The van der Waals surface area contributed by atoms with E-state index in [0.717, 1.165) is 23.2 Å². The van der Waals surface area contributed by atoms with Crippen LogP contribution in [0.4, 0.5) is 0 Å². The van der Waals surface area contributed by atoms with Crippen LogP contribution in [0.5, 0.6) is 11.5 Å². The molecule has 9 heteroatoms.